The largest absolute Gasteiger partial charge is 0.324 e. The number of benzene rings is 1. The number of amides is 2. The summed E-state index contributed by atoms with van der Waals surface area (Å²) in [4.78, 5) is 12.9. The number of hydrogen-bond acceptors (Lipinski definition) is 3. The van der Waals surface area contributed by atoms with Crippen LogP contribution < -0.4 is 5.32 Å². The Morgan fingerprint density at radius 1 is 1.55 bits per heavy atom. The minimum Gasteiger partial charge on any atom is -0.308 e. The molecule has 0 aliphatic carbocycles. The highest BCUT2D eigenvalue weighted by atomic mass is 32.2. The van der Waals surface area contributed by atoms with Gasteiger partial charge in [0.15, 0.2) is 0 Å². The van der Waals surface area contributed by atoms with Gasteiger partial charge in [-0.15, -0.1) is 0 Å². The molecule has 0 spiro atoms. The molecule has 5 nitrogen and oxygen atoms in total. The summed E-state index contributed by atoms with van der Waals surface area (Å²) in [5.74, 6) is 0.199. The standard InChI is InChI=1S/C14H17N3O2S/c1-10-5-4-6-11(7-10)16-13(18)17-12(8-15)9-20(19)14(17,2)3/h4-7,12H,9H2,1-3H3,(H,16,18). The molecule has 0 bridgehead atoms. The van der Waals surface area contributed by atoms with E-state index in [2.05, 4.69) is 11.4 Å². The van der Waals surface area contributed by atoms with Crippen molar-refractivity contribution in [2.75, 3.05) is 11.1 Å². The second-order valence-corrected chi connectivity index (χ2v) is 7.30. The summed E-state index contributed by atoms with van der Waals surface area (Å²) in [6, 6.07) is 8.41. The monoisotopic (exact) mass is 291 g/mol. The number of hydrogen-bond donors (Lipinski definition) is 1. The molecule has 6 heteroatoms. The minimum atomic E-state index is -1.23. The van der Waals surface area contributed by atoms with Gasteiger partial charge in [-0.25, -0.2) is 4.79 Å². The maximum atomic E-state index is 12.4. The maximum absolute atomic E-state index is 12.4. The second kappa shape index (κ2) is 5.25. The number of nitrogens with zero attached hydrogens (tertiary/aromatic N) is 2. The van der Waals surface area contributed by atoms with Gasteiger partial charge in [0.05, 0.1) is 22.6 Å². The molecule has 0 radical (unpaired) electrons. The van der Waals surface area contributed by atoms with E-state index < -0.39 is 27.7 Å². The van der Waals surface area contributed by atoms with Crippen LogP contribution in [0.2, 0.25) is 0 Å². The molecule has 20 heavy (non-hydrogen) atoms. The molecule has 1 saturated heterocycles. The average Bonchev–Trinajstić information content (AvgIpc) is 2.59. The molecule has 0 aromatic heterocycles. The molecule has 1 aliphatic heterocycles. The Morgan fingerprint density at radius 3 is 2.85 bits per heavy atom. The molecule has 106 valence electrons. The summed E-state index contributed by atoms with van der Waals surface area (Å²) in [5, 5.41) is 11.9. The Balaban J connectivity index is 2.24. The summed E-state index contributed by atoms with van der Waals surface area (Å²) < 4.78 is 12.0. The van der Waals surface area contributed by atoms with Gasteiger partial charge < -0.3 is 5.32 Å². The van der Waals surface area contributed by atoms with Crippen molar-refractivity contribution in [2.45, 2.75) is 31.7 Å². The molecular weight excluding hydrogens is 274 g/mol. The molecule has 2 unspecified atom stereocenters. The summed E-state index contributed by atoms with van der Waals surface area (Å²) in [7, 11) is -1.23. The first-order chi connectivity index (χ1) is 9.36. The van der Waals surface area contributed by atoms with Gasteiger partial charge in [-0.3, -0.25) is 9.11 Å². The minimum absolute atomic E-state index is 0.199. The van der Waals surface area contributed by atoms with Gasteiger partial charge >= 0.3 is 6.03 Å². The molecule has 2 atom stereocenters. The van der Waals surface area contributed by atoms with Crippen LogP contribution in [0, 0.1) is 18.3 Å². The Kier molecular flexibility index (Phi) is 3.82. The highest BCUT2D eigenvalue weighted by Gasteiger charge is 2.48. The van der Waals surface area contributed by atoms with E-state index in [-0.39, 0.29) is 5.75 Å². The number of anilines is 1. The SMILES string of the molecule is Cc1cccc(NC(=O)N2C(C#N)CS(=O)C2(C)C)c1. The maximum Gasteiger partial charge on any atom is 0.324 e. The van der Waals surface area contributed by atoms with Crippen molar-refractivity contribution >= 4 is 22.5 Å². The molecule has 1 N–H and O–H groups in total. The molecule has 1 aliphatic rings. The third-order valence-electron chi connectivity index (χ3n) is 3.40. The van der Waals surface area contributed by atoms with Crippen molar-refractivity contribution in [3.63, 3.8) is 0 Å². The van der Waals surface area contributed by atoms with Gasteiger partial charge in [-0.1, -0.05) is 12.1 Å². The molecular formula is C14H17N3O2S. The van der Waals surface area contributed by atoms with Crippen molar-refractivity contribution in [1.82, 2.24) is 4.90 Å². The Bertz CT molecular complexity index is 607. The number of nitrogens with one attached hydrogen (secondary N) is 1. The topological polar surface area (TPSA) is 73.2 Å². The second-order valence-electron chi connectivity index (χ2n) is 5.27. The van der Waals surface area contributed by atoms with Crippen LogP contribution in [-0.4, -0.2) is 31.8 Å². The fourth-order valence-electron chi connectivity index (χ4n) is 2.29. The van der Waals surface area contributed by atoms with E-state index in [1.807, 2.05) is 25.1 Å². The van der Waals surface area contributed by atoms with E-state index in [4.69, 9.17) is 5.26 Å². The fourth-order valence-corrected chi connectivity index (χ4v) is 3.64. The molecule has 2 amide bonds. The highest BCUT2D eigenvalue weighted by molar-refractivity contribution is 7.86. The summed E-state index contributed by atoms with van der Waals surface area (Å²) >= 11 is 0. The molecule has 1 aromatic rings. The first kappa shape index (κ1) is 14.5. The van der Waals surface area contributed by atoms with Crippen LogP contribution in [0.15, 0.2) is 24.3 Å². The van der Waals surface area contributed by atoms with E-state index in [9.17, 15) is 9.00 Å². The number of carbonyl (C=O) groups excluding carboxylic acids is 1. The van der Waals surface area contributed by atoms with Crippen LogP contribution in [-0.2, 0) is 10.8 Å². The molecule has 1 fully saturated rings. The first-order valence-corrected chi connectivity index (χ1v) is 7.63. The Labute approximate surface area is 121 Å². The first-order valence-electron chi connectivity index (χ1n) is 6.31. The van der Waals surface area contributed by atoms with Gasteiger partial charge in [0.2, 0.25) is 0 Å². The van der Waals surface area contributed by atoms with Crippen molar-refractivity contribution in [3.05, 3.63) is 29.8 Å². The Hall–Kier alpha value is -1.87. The van der Waals surface area contributed by atoms with E-state index in [0.29, 0.717) is 5.69 Å². The molecule has 2 rings (SSSR count). The number of urea groups is 1. The third kappa shape index (κ3) is 2.54. The highest BCUT2D eigenvalue weighted by Crippen LogP contribution is 2.31. The van der Waals surface area contributed by atoms with Crippen LogP contribution >= 0.6 is 0 Å². The molecule has 1 aromatic carbocycles. The zero-order chi connectivity index (χ0) is 14.9. The lowest BCUT2D eigenvalue weighted by atomic mass is 10.2. The lowest BCUT2D eigenvalue weighted by Crippen LogP contribution is -2.49. The van der Waals surface area contributed by atoms with Gasteiger partial charge in [-0.2, -0.15) is 5.26 Å². The average molecular weight is 291 g/mol. The van der Waals surface area contributed by atoms with Crippen LogP contribution in [0.25, 0.3) is 0 Å². The number of nitriles is 1. The van der Waals surface area contributed by atoms with Crippen molar-refractivity contribution in [3.8, 4) is 6.07 Å². The third-order valence-corrected chi connectivity index (χ3v) is 5.32. The van der Waals surface area contributed by atoms with Gasteiger partial charge in [-0.05, 0) is 38.5 Å². The summed E-state index contributed by atoms with van der Waals surface area (Å²) in [6.45, 7) is 5.37. The molecule has 1 heterocycles. The number of aryl methyl sites for hydroxylation is 1. The number of rotatable bonds is 1. The Morgan fingerprint density at radius 2 is 2.25 bits per heavy atom. The summed E-state index contributed by atoms with van der Waals surface area (Å²) in [6.07, 6.45) is 0. The van der Waals surface area contributed by atoms with Crippen molar-refractivity contribution < 1.29 is 9.00 Å². The van der Waals surface area contributed by atoms with Gasteiger partial charge in [0.25, 0.3) is 0 Å². The zero-order valence-corrected chi connectivity index (χ0v) is 12.5. The van der Waals surface area contributed by atoms with E-state index >= 15 is 0 Å². The smallest absolute Gasteiger partial charge is 0.308 e. The quantitative estimate of drug-likeness (QED) is 0.862. The van der Waals surface area contributed by atoms with Crippen LogP contribution in [0.3, 0.4) is 0 Å². The summed E-state index contributed by atoms with van der Waals surface area (Å²) in [5.41, 5.74) is 1.70. The normalized spacial score (nSPS) is 24.2. The lowest BCUT2D eigenvalue weighted by Gasteiger charge is -2.31. The van der Waals surface area contributed by atoms with E-state index in [1.54, 1.807) is 19.9 Å². The van der Waals surface area contributed by atoms with Crippen molar-refractivity contribution in [2.24, 2.45) is 0 Å². The van der Waals surface area contributed by atoms with Crippen LogP contribution in [0.1, 0.15) is 19.4 Å². The number of carbonyl (C=O) groups is 1. The zero-order valence-electron chi connectivity index (χ0n) is 11.7. The predicted octanol–water partition coefficient (Wildman–Crippen LogP) is 2.22. The van der Waals surface area contributed by atoms with Crippen molar-refractivity contribution in [1.29, 1.82) is 5.26 Å². The van der Waals surface area contributed by atoms with Gasteiger partial charge in [0.1, 0.15) is 10.9 Å². The van der Waals surface area contributed by atoms with Crippen LogP contribution in [0.5, 0.6) is 0 Å². The molecule has 0 saturated carbocycles. The fraction of sp³-hybridized carbons (Fsp3) is 0.429. The predicted molar refractivity (Wildman–Crippen MR) is 78.5 cm³/mol. The van der Waals surface area contributed by atoms with E-state index in [1.165, 1.54) is 4.90 Å². The van der Waals surface area contributed by atoms with Crippen LogP contribution in [0.4, 0.5) is 10.5 Å². The van der Waals surface area contributed by atoms with E-state index in [0.717, 1.165) is 5.56 Å². The van der Waals surface area contributed by atoms with Gasteiger partial charge in [0, 0.05) is 5.69 Å². The lowest BCUT2D eigenvalue weighted by molar-refractivity contribution is 0.184.